The van der Waals surface area contributed by atoms with Gasteiger partial charge in [0, 0.05) is 31.5 Å². The number of benzene rings is 1. The molecule has 1 heterocycles. The third-order valence-electron chi connectivity index (χ3n) is 3.44. The average Bonchev–Trinajstić information content (AvgIpc) is 2.55. The monoisotopic (exact) mass is 369 g/mol. The van der Waals surface area contributed by atoms with Gasteiger partial charge in [-0.2, -0.15) is 26.3 Å². The van der Waals surface area contributed by atoms with E-state index in [2.05, 4.69) is 0 Å². The highest BCUT2D eigenvalue weighted by atomic mass is 19.4. The first-order valence-corrected chi connectivity index (χ1v) is 7.59. The Morgan fingerprint density at radius 2 is 1.28 bits per heavy atom. The summed E-state index contributed by atoms with van der Waals surface area (Å²) in [4.78, 5) is 24.3. The maximum absolute atomic E-state index is 12.8. The van der Waals surface area contributed by atoms with Crippen LogP contribution in [0.2, 0.25) is 0 Å². The van der Waals surface area contributed by atoms with E-state index in [1.54, 1.807) is 0 Å². The van der Waals surface area contributed by atoms with Crippen molar-refractivity contribution in [2.24, 2.45) is 0 Å². The molecular formula is C16H17F6NO2. The molecule has 0 aromatic heterocycles. The smallest absolute Gasteiger partial charge is 0.338 e. The Balaban J connectivity index is 0.00000151. The van der Waals surface area contributed by atoms with Crippen molar-refractivity contribution in [3.05, 3.63) is 34.9 Å². The highest BCUT2D eigenvalue weighted by Crippen LogP contribution is 2.36. The number of halogens is 6. The minimum atomic E-state index is -5.01. The Labute approximate surface area is 140 Å². The van der Waals surface area contributed by atoms with Gasteiger partial charge >= 0.3 is 12.4 Å². The predicted octanol–water partition coefficient (Wildman–Crippen LogP) is 4.56. The van der Waals surface area contributed by atoms with E-state index in [9.17, 15) is 35.9 Å². The van der Waals surface area contributed by atoms with Gasteiger partial charge < -0.3 is 4.90 Å². The van der Waals surface area contributed by atoms with E-state index in [0.29, 0.717) is 12.1 Å². The first kappa shape index (κ1) is 21.0. The predicted molar refractivity (Wildman–Crippen MR) is 77.9 cm³/mol. The number of nitrogens with zero attached hydrogens (tertiary/aromatic N) is 1. The lowest BCUT2D eigenvalue weighted by molar-refractivity contribution is -0.143. The zero-order chi connectivity index (χ0) is 19.4. The van der Waals surface area contributed by atoms with Gasteiger partial charge in [0.05, 0.1) is 11.1 Å². The van der Waals surface area contributed by atoms with Gasteiger partial charge in [-0.25, -0.2) is 0 Å². The molecule has 0 unspecified atom stereocenters. The van der Waals surface area contributed by atoms with E-state index in [-0.39, 0.29) is 37.8 Å². The van der Waals surface area contributed by atoms with Gasteiger partial charge in [-0.1, -0.05) is 13.8 Å². The number of amides is 1. The molecule has 1 fully saturated rings. The quantitative estimate of drug-likeness (QED) is 0.681. The summed E-state index contributed by atoms with van der Waals surface area (Å²) in [5.74, 6) is -1.05. The van der Waals surface area contributed by atoms with Crippen LogP contribution in [0.15, 0.2) is 18.2 Å². The van der Waals surface area contributed by atoms with E-state index in [1.807, 2.05) is 13.8 Å². The minimum absolute atomic E-state index is 0.0186. The fourth-order valence-corrected chi connectivity index (χ4v) is 2.22. The number of Topliss-reactive ketones (excluding diaryl/α,β-unsaturated/α-hetero) is 1. The van der Waals surface area contributed by atoms with Gasteiger partial charge in [-0.15, -0.1) is 0 Å². The van der Waals surface area contributed by atoms with Crippen molar-refractivity contribution in [2.45, 2.75) is 39.0 Å². The molecule has 0 atom stereocenters. The van der Waals surface area contributed by atoms with E-state index in [1.165, 1.54) is 0 Å². The maximum Gasteiger partial charge on any atom is 0.416 e. The largest absolute Gasteiger partial charge is 0.416 e. The lowest BCUT2D eigenvalue weighted by Crippen LogP contribution is -2.38. The first-order chi connectivity index (χ1) is 11.5. The average molecular weight is 369 g/mol. The molecule has 1 aromatic carbocycles. The lowest BCUT2D eigenvalue weighted by atomic mass is 10.0. The molecule has 3 nitrogen and oxygen atoms in total. The van der Waals surface area contributed by atoms with Crippen LogP contribution in [0.3, 0.4) is 0 Å². The Morgan fingerprint density at radius 1 is 0.880 bits per heavy atom. The van der Waals surface area contributed by atoms with Crippen LogP contribution in [0.5, 0.6) is 0 Å². The molecule has 140 valence electrons. The molecule has 1 amide bonds. The molecule has 0 radical (unpaired) electrons. The van der Waals surface area contributed by atoms with Crippen molar-refractivity contribution in [1.82, 2.24) is 4.90 Å². The SMILES string of the molecule is CC.O=C1CCN(C(=O)c2cc(C(F)(F)F)cc(C(F)(F)F)c2)CC1. The van der Waals surface area contributed by atoms with Crippen LogP contribution in [0.1, 0.15) is 48.2 Å². The molecule has 0 spiro atoms. The van der Waals surface area contributed by atoms with Crippen LogP contribution in [-0.2, 0) is 17.1 Å². The van der Waals surface area contributed by atoms with Crippen LogP contribution >= 0.6 is 0 Å². The zero-order valence-corrected chi connectivity index (χ0v) is 13.6. The minimum Gasteiger partial charge on any atom is -0.338 e. The van der Waals surface area contributed by atoms with Gasteiger partial charge in [-0.05, 0) is 18.2 Å². The molecule has 1 aromatic rings. The maximum atomic E-state index is 12.8. The summed E-state index contributed by atoms with van der Waals surface area (Å²) in [6.45, 7) is 3.96. The highest BCUT2D eigenvalue weighted by Gasteiger charge is 2.38. The van der Waals surface area contributed by atoms with Crippen LogP contribution in [0.25, 0.3) is 0 Å². The topological polar surface area (TPSA) is 37.4 Å². The molecule has 1 aliphatic rings. The number of rotatable bonds is 1. The van der Waals surface area contributed by atoms with Crippen LogP contribution in [0.4, 0.5) is 26.3 Å². The Morgan fingerprint density at radius 3 is 1.64 bits per heavy atom. The molecule has 2 rings (SSSR count). The van der Waals surface area contributed by atoms with E-state index in [0.717, 1.165) is 4.90 Å². The molecule has 0 bridgehead atoms. The van der Waals surface area contributed by atoms with Gasteiger partial charge in [-0.3, -0.25) is 9.59 Å². The number of piperidine rings is 1. The number of ketones is 1. The number of hydrogen-bond donors (Lipinski definition) is 0. The van der Waals surface area contributed by atoms with Crippen molar-refractivity contribution in [3.63, 3.8) is 0 Å². The number of carbonyl (C=O) groups is 2. The number of carbonyl (C=O) groups excluding carboxylic acids is 2. The highest BCUT2D eigenvalue weighted by molar-refractivity contribution is 5.96. The van der Waals surface area contributed by atoms with E-state index < -0.39 is 35.0 Å². The van der Waals surface area contributed by atoms with Crippen LogP contribution in [0, 0.1) is 0 Å². The molecule has 9 heteroatoms. The van der Waals surface area contributed by atoms with Gasteiger partial charge in [0.1, 0.15) is 5.78 Å². The molecule has 25 heavy (non-hydrogen) atoms. The third kappa shape index (κ3) is 5.47. The summed E-state index contributed by atoms with van der Waals surface area (Å²) in [5, 5.41) is 0. The summed E-state index contributed by atoms with van der Waals surface area (Å²) in [6, 6.07) is 0.762. The molecule has 0 aliphatic carbocycles. The normalized spacial score (nSPS) is 15.5. The van der Waals surface area contributed by atoms with Crippen LogP contribution in [-0.4, -0.2) is 29.7 Å². The van der Waals surface area contributed by atoms with Crippen LogP contribution < -0.4 is 0 Å². The molecule has 0 saturated carbocycles. The van der Waals surface area contributed by atoms with Crippen molar-refractivity contribution in [2.75, 3.05) is 13.1 Å². The van der Waals surface area contributed by atoms with E-state index >= 15 is 0 Å². The lowest BCUT2D eigenvalue weighted by Gasteiger charge is -2.26. The molecular weight excluding hydrogens is 352 g/mol. The second-order valence-electron chi connectivity index (χ2n) is 5.13. The zero-order valence-electron chi connectivity index (χ0n) is 13.6. The standard InChI is InChI=1S/C14H11F6NO2.C2H6/c15-13(16,17)9-5-8(6-10(7-9)14(18,19)20)12(23)21-3-1-11(22)2-4-21;1-2/h5-7H,1-4H2;1-2H3. The fourth-order valence-electron chi connectivity index (χ4n) is 2.22. The number of likely N-dealkylation sites (tertiary alicyclic amines) is 1. The molecule has 0 N–H and O–H groups in total. The Hall–Kier alpha value is -2.06. The number of alkyl halides is 6. The summed E-state index contributed by atoms with van der Waals surface area (Å²) >= 11 is 0. The number of hydrogen-bond acceptors (Lipinski definition) is 2. The second kappa shape index (κ2) is 7.88. The second-order valence-corrected chi connectivity index (χ2v) is 5.13. The summed E-state index contributed by atoms with van der Waals surface area (Å²) in [5.41, 5.74) is -3.77. The van der Waals surface area contributed by atoms with Gasteiger partial charge in [0.2, 0.25) is 0 Å². The summed E-state index contributed by atoms with van der Waals surface area (Å²) in [6.07, 6.45) is -9.93. The van der Waals surface area contributed by atoms with Crippen molar-refractivity contribution >= 4 is 11.7 Å². The fraction of sp³-hybridized carbons (Fsp3) is 0.500. The summed E-state index contributed by atoms with van der Waals surface area (Å²) < 4.78 is 76.5. The summed E-state index contributed by atoms with van der Waals surface area (Å²) in [7, 11) is 0. The third-order valence-corrected chi connectivity index (χ3v) is 3.44. The molecule has 1 aliphatic heterocycles. The van der Waals surface area contributed by atoms with Crippen molar-refractivity contribution in [3.8, 4) is 0 Å². The molecule has 1 saturated heterocycles. The Bertz CT molecular complexity index is 594. The van der Waals surface area contributed by atoms with Gasteiger partial charge in [0.15, 0.2) is 0 Å². The van der Waals surface area contributed by atoms with E-state index in [4.69, 9.17) is 0 Å². The van der Waals surface area contributed by atoms with Crippen molar-refractivity contribution < 1.29 is 35.9 Å². The van der Waals surface area contributed by atoms with Crippen molar-refractivity contribution in [1.29, 1.82) is 0 Å². The van der Waals surface area contributed by atoms with Gasteiger partial charge in [0.25, 0.3) is 5.91 Å². The Kier molecular flexibility index (Phi) is 6.61. The first-order valence-electron chi connectivity index (χ1n) is 7.59.